The summed E-state index contributed by atoms with van der Waals surface area (Å²) in [5, 5.41) is 10.6. The number of nitro benzene ring substituents is 1. The summed E-state index contributed by atoms with van der Waals surface area (Å²) in [6, 6.07) is 13.0. The van der Waals surface area contributed by atoms with Gasteiger partial charge in [-0.2, -0.15) is 0 Å². The molecule has 1 aliphatic rings. The van der Waals surface area contributed by atoms with Crippen molar-refractivity contribution in [2.24, 2.45) is 0 Å². The first kappa shape index (κ1) is 11.7. The minimum Gasteiger partial charge on any atom is -0.258 e. The van der Waals surface area contributed by atoms with Crippen molar-refractivity contribution >= 4 is 11.8 Å². The number of allylic oxidation sites excluding steroid dienone is 1. The van der Waals surface area contributed by atoms with Gasteiger partial charge in [-0.05, 0) is 53.8 Å². The molecule has 2 aromatic carbocycles. The van der Waals surface area contributed by atoms with Gasteiger partial charge in [0.25, 0.3) is 5.69 Å². The fraction of sp³-hybridized carbons (Fsp3) is 0.125. The highest BCUT2D eigenvalue weighted by Crippen LogP contribution is 2.30. The third kappa shape index (κ3) is 2.15. The maximum atomic E-state index is 10.6. The Morgan fingerprint density at radius 2 is 1.74 bits per heavy atom. The molecule has 0 fully saturated rings. The molecule has 1 aliphatic carbocycles. The first-order valence-electron chi connectivity index (χ1n) is 6.18. The van der Waals surface area contributed by atoms with Crippen LogP contribution < -0.4 is 0 Å². The number of hydrogen-bond acceptors (Lipinski definition) is 2. The van der Waals surface area contributed by atoms with Crippen LogP contribution in [0.1, 0.15) is 18.1 Å². The first-order valence-corrected chi connectivity index (χ1v) is 6.18. The predicted octanol–water partition coefficient (Wildman–Crippen LogP) is 4.22. The Labute approximate surface area is 111 Å². The second-order valence-corrected chi connectivity index (χ2v) is 4.89. The highest BCUT2D eigenvalue weighted by molar-refractivity contribution is 5.72. The minimum absolute atomic E-state index is 0.126. The van der Waals surface area contributed by atoms with Crippen molar-refractivity contribution in [1.82, 2.24) is 0 Å². The summed E-state index contributed by atoms with van der Waals surface area (Å²) < 4.78 is 0. The van der Waals surface area contributed by atoms with Crippen molar-refractivity contribution in [3.8, 4) is 11.1 Å². The lowest BCUT2D eigenvalue weighted by Crippen LogP contribution is -1.88. The fourth-order valence-electron chi connectivity index (χ4n) is 2.46. The molecule has 0 amide bonds. The van der Waals surface area contributed by atoms with Gasteiger partial charge in [0.15, 0.2) is 0 Å². The molecule has 0 saturated heterocycles. The van der Waals surface area contributed by atoms with Crippen molar-refractivity contribution < 1.29 is 4.92 Å². The van der Waals surface area contributed by atoms with Gasteiger partial charge in [-0.1, -0.05) is 23.8 Å². The van der Waals surface area contributed by atoms with E-state index in [9.17, 15) is 10.1 Å². The van der Waals surface area contributed by atoms with Gasteiger partial charge in [-0.15, -0.1) is 0 Å². The van der Waals surface area contributed by atoms with Crippen molar-refractivity contribution in [2.75, 3.05) is 0 Å². The standard InChI is InChI=1S/C16H13NO2/c1-11-8-13-2-3-14(10-15(13)9-11)12-4-6-16(7-5-12)17(18)19/h2-7,9-10H,8H2,1H3. The summed E-state index contributed by atoms with van der Waals surface area (Å²) in [6.45, 7) is 2.13. The zero-order chi connectivity index (χ0) is 13.4. The molecule has 3 heteroatoms. The van der Waals surface area contributed by atoms with Crippen LogP contribution in [0.5, 0.6) is 0 Å². The first-order chi connectivity index (χ1) is 9.13. The zero-order valence-electron chi connectivity index (χ0n) is 10.6. The number of benzene rings is 2. The summed E-state index contributed by atoms with van der Waals surface area (Å²) in [7, 11) is 0. The number of non-ortho nitro benzene ring substituents is 1. The molecule has 0 spiro atoms. The van der Waals surface area contributed by atoms with Crippen molar-refractivity contribution in [3.63, 3.8) is 0 Å². The van der Waals surface area contributed by atoms with Crippen LogP contribution in [0.3, 0.4) is 0 Å². The molecule has 0 radical (unpaired) electrons. The predicted molar refractivity (Wildman–Crippen MR) is 75.9 cm³/mol. The third-order valence-electron chi connectivity index (χ3n) is 3.43. The van der Waals surface area contributed by atoms with Crippen molar-refractivity contribution in [2.45, 2.75) is 13.3 Å². The lowest BCUT2D eigenvalue weighted by atomic mass is 10.0. The maximum Gasteiger partial charge on any atom is 0.269 e. The van der Waals surface area contributed by atoms with E-state index in [-0.39, 0.29) is 10.6 Å². The molecule has 0 bridgehead atoms. The monoisotopic (exact) mass is 251 g/mol. The number of nitro groups is 1. The quantitative estimate of drug-likeness (QED) is 0.592. The molecule has 0 aromatic heterocycles. The van der Waals surface area contributed by atoms with Crippen LogP contribution in [-0.4, -0.2) is 4.92 Å². The number of fused-ring (bicyclic) bond motifs is 1. The van der Waals surface area contributed by atoms with Crippen LogP contribution in [-0.2, 0) is 6.42 Å². The molecule has 19 heavy (non-hydrogen) atoms. The minimum atomic E-state index is -0.376. The van der Waals surface area contributed by atoms with E-state index in [1.165, 1.54) is 16.7 Å². The SMILES string of the molecule is CC1=Cc2cc(-c3ccc([N+](=O)[O-])cc3)ccc2C1. The Bertz CT molecular complexity index is 684. The van der Waals surface area contributed by atoms with Crippen LogP contribution in [0.15, 0.2) is 48.0 Å². The molecule has 0 aliphatic heterocycles. The Hall–Kier alpha value is -2.42. The van der Waals surface area contributed by atoms with E-state index in [4.69, 9.17) is 0 Å². The second-order valence-electron chi connectivity index (χ2n) is 4.89. The molecular formula is C16H13NO2. The second kappa shape index (κ2) is 4.35. The number of rotatable bonds is 2. The van der Waals surface area contributed by atoms with E-state index < -0.39 is 0 Å². The molecule has 94 valence electrons. The van der Waals surface area contributed by atoms with E-state index in [1.54, 1.807) is 24.3 Å². The lowest BCUT2D eigenvalue weighted by Gasteiger charge is -2.04. The number of nitrogens with zero attached hydrogens (tertiary/aromatic N) is 1. The van der Waals surface area contributed by atoms with E-state index in [0.29, 0.717) is 0 Å². The van der Waals surface area contributed by atoms with Gasteiger partial charge < -0.3 is 0 Å². The summed E-state index contributed by atoms with van der Waals surface area (Å²) in [5.41, 5.74) is 6.21. The summed E-state index contributed by atoms with van der Waals surface area (Å²) in [4.78, 5) is 10.3. The Kier molecular flexibility index (Phi) is 2.67. The van der Waals surface area contributed by atoms with Crippen molar-refractivity contribution in [3.05, 3.63) is 69.3 Å². The average Bonchev–Trinajstić information content (AvgIpc) is 2.77. The smallest absolute Gasteiger partial charge is 0.258 e. The third-order valence-corrected chi connectivity index (χ3v) is 3.43. The molecule has 0 saturated carbocycles. The average molecular weight is 251 g/mol. The van der Waals surface area contributed by atoms with Crippen LogP contribution in [0, 0.1) is 10.1 Å². The number of hydrogen-bond donors (Lipinski definition) is 0. The van der Waals surface area contributed by atoms with Gasteiger partial charge in [0.1, 0.15) is 0 Å². The molecule has 3 nitrogen and oxygen atoms in total. The fourth-order valence-corrected chi connectivity index (χ4v) is 2.46. The Morgan fingerprint density at radius 1 is 1.05 bits per heavy atom. The van der Waals surface area contributed by atoms with Crippen LogP contribution >= 0.6 is 0 Å². The highest BCUT2D eigenvalue weighted by Gasteiger charge is 2.11. The van der Waals surface area contributed by atoms with Crippen molar-refractivity contribution in [1.29, 1.82) is 0 Å². The van der Waals surface area contributed by atoms with E-state index in [2.05, 4.69) is 31.2 Å². The summed E-state index contributed by atoms with van der Waals surface area (Å²) >= 11 is 0. The Balaban J connectivity index is 1.99. The summed E-state index contributed by atoms with van der Waals surface area (Å²) in [6.07, 6.45) is 3.22. The van der Waals surface area contributed by atoms with Crippen LogP contribution in [0.4, 0.5) is 5.69 Å². The molecule has 0 N–H and O–H groups in total. The Morgan fingerprint density at radius 3 is 2.42 bits per heavy atom. The van der Waals surface area contributed by atoms with Crippen LogP contribution in [0.25, 0.3) is 17.2 Å². The largest absolute Gasteiger partial charge is 0.269 e. The highest BCUT2D eigenvalue weighted by atomic mass is 16.6. The van der Waals surface area contributed by atoms with E-state index in [0.717, 1.165) is 17.5 Å². The molecule has 0 unspecified atom stereocenters. The van der Waals surface area contributed by atoms with Gasteiger partial charge >= 0.3 is 0 Å². The van der Waals surface area contributed by atoms with Gasteiger partial charge in [0, 0.05) is 12.1 Å². The normalized spacial score (nSPS) is 13.0. The van der Waals surface area contributed by atoms with Gasteiger partial charge in [-0.25, -0.2) is 0 Å². The van der Waals surface area contributed by atoms with Gasteiger partial charge in [0.05, 0.1) is 4.92 Å². The molecule has 2 aromatic rings. The maximum absolute atomic E-state index is 10.6. The zero-order valence-corrected chi connectivity index (χ0v) is 10.6. The molecule has 0 heterocycles. The summed E-state index contributed by atoms with van der Waals surface area (Å²) in [5.74, 6) is 0. The van der Waals surface area contributed by atoms with Gasteiger partial charge in [0.2, 0.25) is 0 Å². The van der Waals surface area contributed by atoms with Crippen LogP contribution in [0.2, 0.25) is 0 Å². The topological polar surface area (TPSA) is 43.1 Å². The molecular weight excluding hydrogens is 238 g/mol. The lowest BCUT2D eigenvalue weighted by molar-refractivity contribution is -0.384. The van der Waals surface area contributed by atoms with E-state index >= 15 is 0 Å². The molecule has 3 rings (SSSR count). The van der Waals surface area contributed by atoms with E-state index in [1.807, 2.05) is 0 Å². The van der Waals surface area contributed by atoms with Gasteiger partial charge in [-0.3, -0.25) is 10.1 Å². The molecule has 0 atom stereocenters.